The van der Waals surface area contributed by atoms with Crippen LogP contribution in [-0.4, -0.2) is 18.5 Å². The minimum atomic E-state index is -0.961. The summed E-state index contributed by atoms with van der Waals surface area (Å²) in [6.07, 6.45) is 3.44. The molecule has 1 aromatic heterocycles. The number of fused-ring (bicyclic) bond motifs is 2. The number of rotatable bonds is 3. The van der Waals surface area contributed by atoms with Crippen LogP contribution >= 0.6 is 0 Å². The zero-order chi connectivity index (χ0) is 22.1. The van der Waals surface area contributed by atoms with Gasteiger partial charge in [-0.15, -0.1) is 0 Å². The number of benzene rings is 2. The molecule has 31 heavy (non-hydrogen) atoms. The maximum Gasteiger partial charge on any atom is 0.397 e. The van der Waals surface area contributed by atoms with E-state index in [0.29, 0.717) is 34.4 Å². The van der Waals surface area contributed by atoms with Gasteiger partial charge in [-0.05, 0) is 68.5 Å². The topological polar surface area (TPSA) is 85.6 Å². The Balaban J connectivity index is 1.74. The molecule has 0 unspecified atom stereocenters. The van der Waals surface area contributed by atoms with Crippen molar-refractivity contribution in [2.75, 3.05) is 11.9 Å². The molecule has 2 aromatic carbocycles. The van der Waals surface area contributed by atoms with Gasteiger partial charge in [0.05, 0.1) is 12.0 Å². The Bertz CT molecular complexity index is 1300. The summed E-state index contributed by atoms with van der Waals surface area (Å²) in [5, 5.41) is 2.93. The fourth-order valence-electron chi connectivity index (χ4n) is 3.79. The number of aryl methyl sites for hydroxylation is 2. The average Bonchev–Trinajstić information content (AvgIpc) is 3.13. The van der Waals surface area contributed by atoms with Crippen molar-refractivity contribution in [3.05, 3.63) is 74.6 Å². The quantitative estimate of drug-likeness (QED) is 0.504. The Kier molecular flexibility index (Phi) is 5.46. The van der Waals surface area contributed by atoms with Crippen molar-refractivity contribution in [3.63, 3.8) is 0 Å². The largest absolute Gasteiger partial charge is 0.459 e. The standard InChI is InChI=1S/C25H23NO5/c1-4-30-25(29)24(28)26-18-8-10-19-21(13-18)31-23-16(7-9-20(23)22(19)27)12-17-11-14(2)5-6-15(17)3/h5-6,8,10-13H,4,7,9H2,1-3H3,(H,26,28). The summed E-state index contributed by atoms with van der Waals surface area (Å²) in [7, 11) is 0. The molecular formula is C25H23NO5. The van der Waals surface area contributed by atoms with Gasteiger partial charge in [0.15, 0.2) is 5.43 Å². The normalized spacial score (nSPS) is 14.0. The van der Waals surface area contributed by atoms with E-state index in [1.54, 1.807) is 25.1 Å². The lowest BCUT2D eigenvalue weighted by Crippen LogP contribution is -2.25. The first kappa shape index (κ1) is 20.6. The van der Waals surface area contributed by atoms with E-state index in [1.807, 2.05) is 6.92 Å². The second-order valence-electron chi connectivity index (χ2n) is 7.65. The van der Waals surface area contributed by atoms with Gasteiger partial charge >= 0.3 is 11.9 Å². The summed E-state index contributed by atoms with van der Waals surface area (Å²) >= 11 is 0. The molecule has 0 atom stereocenters. The number of hydrogen-bond donors (Lipinski definition) is 1. The SMILES string of the molecule is CCOC(=O)C(=O)Nc1ccc2c(=O)c3c(oc2c1)C(=Cc1cc(C)ccc1C)CC3. The van der Waals surface area contributed by atoms with Gasteiger partial charge in [0, 0.05) is 17.3 Å². The Labute approximate surface area is 179 Å². The van der Waals surface area contributed by atoms with E-state index in [0.717, 1.165) is 28.7 Å². The molecule has 1 N–H and O–H groups in total. The molecule has 0 radical (unpaired) electrons. The van der Waals surface area contributed by atoms with Gasteiger partial charge in [-0.2, -0.15) is 0 Å². The maximum absolute atomic E-state index is 13.0. The van der Waals surface area contributed by atoms with Crippen LogP contribution in [0.25, 0.3) is 22.6 Å². The maximum atomic E-state index is 13.0. The molecule has 1 amide bonds. The van der Waals surface area contributed by atoms with E-state index in [9.17, 15) is 14.4 Å². The van der Waals surface area contributed by atoms with Crippen LogP contribution in [0.4, 0.5) is 5.69 Å². The van der Waals surface area contributed by atoms with Gasteiger partial charge < -0.3 is 14.5 Å². The van der Waals surface area contributed by atoms with Crippen LogP contribution in [0.2, 0.25) is 0 Å². The monoisotopic (exact) mass is 417 g/mol. The number of anilines is 1. The van der Waals surface area contributed by atoms with E-state index in [1.165, 1.54) is 0 Å². The molecule has 0 saturated carbocycles. The molecule has 0 spiro atoms. The molecule has 1 heterocycles. The van der Waals surface area contributed by atoms with Gasteiger partial charge in [-0.1, -0.05) is 23.8 Å². The molecule has 0 aliphatic heterocycles. The van der Waals surface area contributed by atoms with Crippen molar-refractivity contribution in [2.24, 2.45) is 0 Å². The van der Waals surface area contributed by atoms with Crippen LogP contribution in [0.1, 0.15) is 41.4 Å². The number of nitrogens with one attached hydrogen (secondary N) is 1. The Morgan fingerprint density at radius 3 is 2.71 bits per heavy atom. The van der Waals surface area contributed by atoms with Gasteiger partial charge in [0.1, 0.15) is 11.3 Å². The molecule has 0 bridgehead atoms. The molecule has 1 aliphatic rings. The summed E-state index contributed by atoms with van der Waals surface area (Å²) in [4.78, 5) is 36.5. The van der Waals surface area contributed by atoms with Crippen molar-refractivity contribution >= 4 is 40.2 Å². The molecule has 4 rings (SSSR count). The van der Waals surface area contributed by atoms with E-state index in [4.69, 9.17) is 9.15 Å². The molecule has 158 valence electrons. The highest BCUT2D eigenvalue weighted by Crippen LogP contribution is 2.35. The van der Waals surface area contributed by atoms with Crippen molar-refractivity contribution < 1.29 is 18.7 Å². The molecule has 1 aliphatic carbocycles. The van der Waals surface area contributed by atoms with Gasteiger partial charge in [-0.3, -0.25) is 9.59 Å². The minimum Gasteiger partial charge on any atom is -0.459 e. The highest BCUT2D eigenvalue weighted by Gasteiger charge is 2.24. The Hall–Kier alpha value is -3.67. The van der Waals surface area contributed by atoms with Crippen LogP contribution in [0.5, 0.6) is 0 Å². The highest BCUT2D eigenvalue weighted by atomic mass is 16.5. The third-order valence-electron chi connectivity index (χ3n) is 5.41. The molecule has 6 heteroatoms. The van der Waals surface area contributed by atoms with Crippen LogP contribution in [0.3, 0.4) is 0 Å². The number of ether oxygens (including phenoxy) is 1. The lowest BCUT2D eigenvalue weighted by molar-refractivity contribution is -0.152. The molecule has 0 saturated heterocycles. The molecule has 6 nitrogen and oxygen atoms in total. The van der Waals surface area contributed by atoms with E-state index < -0.39 is 11.9 Å². The predicted molar refractivity (Wildman–Crippen MR) is 120 cm³/mol. The first-order valence-electron chi connectivity index (χ1n) is 10.2. The van der Waals surface area contributed by atoms with Crippen LogP contribution in [-0.2, 0) is 20.7 Å². The first-order valence-corrected chi connectivity index (χ1v) is 10.2. The summed E-state index contributed by atoms with van der Waals surface area (Å²) in [5.74, 6) is -1.25. The first-order chi connectivity index (χ1) is 14.9. The molecule has 3 aromatic rings. The van der Waals surface area contributed by atoms with E-state index >= 15 is 0 Å². The fourth-order valence-corrected chi connectivity index (χ4v) is 3.79. The second kappa shape index (κ2) is 8.22. The molecule has 0 fully saturated rings. The summed E-state index contributed by atoms with van der Waals surface area (Å²) in [6.45, 7) is 5.83. The second-order valence-corrected chi connectivity index (χ2v) is 7.65. The van der Waals surface area contributed by atoms with Crippen molar-refractivity contribution in [1.29, 1.82) is 0 Å². The zero-order valence-electron chi connectivity index (χ0n) is 17.7. The average molecular weight is 417 g/mol. The third kappa shape index (κ3) is 4.01. The highest BCUT2D eigenvalue weighted by molar-refractivity contribution is 6.37. The van der Waals surface area contributed by atoms with E-state index in [-0.39, 0.29) is 12.0 Å². The van der Waals surface area contributed by atoms with Crippen molar-refractivity contribution in [3.8, 4) is 0 Å². The number of esters is 1. The van der Waals surface area contributed by atoms with Crippen LogP contribution in [0, 0.1) is 13.8 Å². The number of hydrogen-bond acceptors (Lipinski definition) is 5. The molecular weight excluding hydrogens is 394 g/mol. The zero-order valence-corrected chi connectivity index (χ0v) is 17.7. The number of allylic oxidation sites excluding steroid dienone is 1. The summed E-state index contributed by atoms with van der Waals surface area (Å²) in [5.41, 5.74) is 5.71. The number of carbonyl (C=O) groups is 2. The number of carbonyl (C=O) groups excluding carboxylic acids is 2. The van der Waals surface area contributed by atoms with Crippen molar-refractivity contribution in [2.45, 2.75) is 33.6 Å². The Morgan fingerprint density at radius 1 is 1.13 bits per heavy atom. The van der Waals surface area contributed by atoms with Crippen LogP contribution < -0.4 is 10.7 Å². The van der Waals surface area contributed by atoms with Gasteiger partial charge in [0.2, 0.25) is 0 Å². The summed E-state index contributed by atoms with van der Waals surface area (Å²) in [6, 6.07) is 11.0. The lowest BCUT2D eigenvalue weighted by atomic mass is 10.0. The Morgan fingerprint density at radius 2 is 1.94 bits per heavy atom. The predicted octanol–water partition coefficient (Wildman–Crippen LogP) is 4.40. The minimum absolute atomic E-state index is 0.0658. The summed E-state index contributed by atoms with van der Waals surface area (Å²) < 4.78 is 10.8. The lowest BCUT2D eigenvalue weighted by Gasteiger charge is -2.08. The fraction of sp³-hybridized carbons (Fsp3) is 0.240. The van der Waals surface area contributed by atoms with Crippen LogP contribution in [0.15, 0.2) is 45.6 Å². The van der Waals surface area contributed by atoms with Gasteiger partial charge in [-0.25, -0.2) is 4.79 Å². The smallest absolute Gasteiger partial charge is 0.397 e. The van der Waals surface area contributed by atoms with E-state index in [2.05, 4.69) is 36.5 Å². The number of amides is 1. The van der Waals surface area contributed by atoms with Crippen molar-refractivity contribution in [1.82, 2.24) is 0 Å². The third-order valence-corrected chi connectivity index (χ3v) is 5.41. The van der Waals surface area contributed by atoms with Gasteiger partial charge in [0.25, 0.3) is 0 Å².